The Balaban J connectivity index is 2.27. The van der Waals surface area contributed by atoms with Gasteiger partial charge in [0.2, 0.25) is 10.0 Å². The van der Waals surface area contributed by atoms with Gasteiger partial charge in [-0.3, -0.25) is 19.2 Å². The number of hydrogen-bond acceptors (Lipinski definition) is 5. The van der Waals surface area contributed by atoms with E-state index in [4.69, 9.17) is 11.6 Å². The van der Waals surface area contributed by atoms with Crippen molar-refractivity contribution in [2.75, 3.05) is 22.9 Å². The van der Waals surface area contributed by atoms with Gasteiger partial charge in [-0.05, 0) is 30.3 Å². The fourth-order valence-electron chi connectivity index (χ4n) is 1.97. The average molecular weight is 384 g/mol. The second kappa shape index (κ2) is 7.08. The summed E-state index contributed by atoms with van der Waals surface area (Å²) in [6.45, 7) is 0. The number of sulfonamides is 1. The Morgan fingerprint density at radius 2 is 1.92 bits per heavy atom. The topological polar surface area (TPSA) is 110 Å². The van der Waals surface area contributed by atoms with Gasteiger partial charge in [0.15, 0.2) is 0 Å². The normalized spacial score (nSPS) is 11.0. The Labute approximate surface area is 149 Å². The molecule has 1 amide bonds. The molecule has 0 spiro atoms. The Bertz CT molecular complexity index is 946. The van der Waals surface area contributed by atoms with Crippen LogP contribution < -0.4 is 9.62 Å². The third-order valence-corrected chi connectivity index (χ3v) is 4.90. The fraction of sp³-hybridized carbons (Fsp3) is 0.133. The molecule has 2 aromatic carbocycles. The van der Waals surface area contributed by atoms with Crippen molar-refractivity contribution in [2.45, 2.75) is 0 Å². The second-order valence-electron chi connectivity index (χ2n) is 5.16. The number of carbonyl (C=O) groups excluding carboxylic acids is 1. The van der Waals surface area contributed by atoms with E-state index in [1.165, 1.54) is 25.2 Å². The molecule has 2 rings (SSSR count). The van der Waals surface area contributed by atoms with Crippen molar-refractivity contribution >= 4 is 44.6 Å². The van der Waals surface area contributed by atoms with Crippen LogP contribution in [0.15, 0.2) is 42.5 Å². The van der Waals surface area contributed by atoms with Crippen LogP contribution in [-0.2, 0) is 10.0 Å². The number of carbonyl (C=O) groups is 1. The molecule has 0 bridgehead atoms. The number of nitro groups is 1. The zero-order chi connectivity index (χ0) is 18.8. The molecule has 0 atom stereocenters. The van der Waals surface area contributed by atoms with Gasteiger partial charge < -0.3 is 5.32 Å². The third kappa shape index (κ3) is 4.46. The quantitative estimate of drug-likeness (QED) is 0.630. The molecule has 1 N–H and O–H groups in total. The van der Waals surface area contributed by atoms with Gasteiger partial charge in [0.25, 0.3) is 11.6 Å². The molecule has 0 saturated heterocycles. The number of anilines is 2. The van der Waals surface area contributed by atoms with Crippen LogP contribution in [-0.4, -0.2) is 32.6 Å². The maximum atomic E-state index is 12.3. The summed E-state index contributed by atoms with van der Waals surface area (Å²) >= 11 is 5.72. The van der Waals surface area contributed by atoms with Crippen LogP contribution in [0.2, 0.25) is 5.02 Å². The Kier molecular flexibility index (Phi) is 5.29. The van der Waals surface area contributed by atoms with Gasteiger partial charge in [-0.25, -0.2) is 8.42 Å². The Hall–Kier alpha value is -2.65. The summed E-state index contributed by atoms with van der Waals surface area (Å²) in [4.78, 5) is 22.5. The minimum Gasteiger partial charge on any atom is -0.322 e. The maximum Gasteiger partial charge on any atom is 0.288 e. The van der Waals surface area contributed by atoms with Crippen molar-refractivity contribution < 1.29 is 18.1 Å². The summed E-state index contributed by atoms with van der Waals surface area (Å²) in [5, 5.41) is 13.4. The standard InChI is InChI=1S/C15H14ClN3O5S/c1-18(25(2,23)24)12-5-3-4-11(9-12)17-15(20)10-6-7-13(16)14(8-10)19(21)22/h3-9H,1-2H3,(H,17,20). The minimum atomic E-state index is -3.44. The number of amides is 1. The number of halogens is 1. The predicted octanol–water partition coefficient (Wildman–Crippen LogP) is 2.90. The number of benzene rings is 2. The van der Waals surface area contributed by atoms with Crippen LogP contribution in [0.1, 0.15) is 10.4 Å². The molecule has 0 heterocycles. The zero-order valence-electron chi connectivity index (χ0n) is 13.3. The molecule has 0 aliphatic carbocycles. The number of rotatable bonds is 5. The van der Waals surface area contributed by atoms with Gasteiger partial charge in [0, 0.05) is 24.4 Å². The smallest absolute Gasteiger partial charge is 0.288 e. The Morgan fingerprint density at radius 1 is 1.24 bits per heavy atom. The lowest BCUT2D eigenvalue weighted by Crippen LogP contribution is -2.24. The molecular weight excluding hydrogens is 370 g/mol. The van der Waals surface area contributed by atoms with Gasteiger partial charge in [0.05, 0.1) is 16.9 Å². The first-order chi connectivity index (χ1) is 11.6. The van der Waals surface area contributed by atoms with Crippen LogP contribution in [0.25, 0.3) is 0 Å². The first-order valence-corrected chi connectivity index (χ1v) is 9.11. The van der Waals surface area contributed by atoms with E-state index < -0.39 is 20.9 Å². The molecule has 132 valence electrons. The SMILES string of the molecule is CN(c1cccc(NC(=O)c2ccc(Cl)c([N+](=O)[O-])c2)c1)S(C)(=O)=O. The first-order valence-electron chi connectivity index (χ1n) is 6.89. The molecule has 0 fully saturated rings. The molecule has 0 saturated carbocycles. The van der Waals surface area contributed by atoms with Crippen molar-refractivity contribution in [3.8, 4) is 0 Å². The molecule has 0 aromatic heterocycles. The largest absolute Gasteiger partial charge is 0.322 e. The molecule has 25 heavy (non-hydrogen) atoms. The first kappa shape index (κ1) is 18.7. The summed E-state index contributed by atoms with van der Waals surface area (Å²) in [5.74, 6) is -0.584. The van der Waals surface area contributed by atoms with Gasteiger partial charge >= 0.3 is 0 Å². The summed E-state index contributed by atoms with van der Waals surface area (Å²) in [5.41, 5.74) is 0.385. The average Bonchev–Trinajstić information content (AvgIpc) is 2.53. The van der Waals surface area contributed by atoms with E-state index in [1.54, 1.807) is 18.2 Å². The number of hydrogen-bond donors (Lipinski definition) is 1. The molecule has 0 unspecified atom stereocenters. The van der Waals surface area contributed by atoms with Crippen LogP contribution >= 0.6 is 11.6 Å². The second-order valence-corrected chi connectivity index (χ2v) is 7.58. The van der Waals surface area contributed by atoms with E-state index in [1.807, 2.05) is 0 Å². The highest BCUT2D eigenvalue weighted by Gasteiger charge is 2.17. The predicted molar refractivity (Wildman–Crippen MR) is 95.7 cm³/mol. The molecular formula is C15H14ClN3O5S. The highest BCUT2D eigenvalue weighted by atomic mass is 35.5. The Morgan fingerprint density at radius 3 is 2.52 bits per heavy atom. The molecule has 8 nitrogen and oxygen atoms in total. The van der Waals surface area contributed by atoms with E-state index in [-0.39, 0.29) is 16.3 Å². The summed E-state index contributed by atoms with van der Waals surface area (Å²) in [6, 6.07) is 9.90. The van der Waals surface area contributed by atoms with E-state index in [0.717, 1.165) is 16.6 Å². The lowest BCUT2D eigenvalue weighted by atomic mass is 10.2. The monoisotopic (exact) mass is 383 g/mol. The lowest BCUT2D eigenvalue weighted by Gasteiger charge is -2.17. The van der Waals surface area contributed by atoms with E-state index in [2.05, 4.69) is 5.32 Å². The molecule has 10 heteroatoms. The minimum absolute atomic E-state index is 0.0537. The van der Waals surface area contributed by atoms with Gasteiger partial charge in [-0.1, -0.05) is 17.7 Å². The summed E-state index contributed by atoms with van der Waals surface area (Å²) < 4.78 is 24.2. The third-order valence-electron chi connectivity index (χ3n) is 3.37. The summed E-state index contributed by atoms with van der Waals surface area (Å²) in [6.07, 6.45) is 1.06. The molecule has 0 aliphatic rings. The van der Waals surface area contributed by atoms with Crippen molar-refractivity contribution in [1.82, 2.24) is 0 Å². The van der Waals surface area contributed by atoms with Gasteiger partial charge in [0.1, 0.15) is 5.02 Å². The van der Waals surface area contributed by atoms with E-state index in [9.17, 15) is 23.3 Å². The van der Waals surface area contributed by atoms with Crippen LogP contribution in [0.4, 0.5) is 17.1 Å². The number of nitrogens with one attached hydrogen (secondary N) is 1. The van der Waals surface area contributed by atoms with Gasteiger partial charge in [-0.2, -0.15) is 0 Å². The van der Waals surface area contributed by atoms with Crippen LogP contribution in [0.3, 0.4) is 0 Å². The molecule has 0 radical (unpaired) electrons. The number of nitro benzene ring substituents is 1. The van der Waals surface area contributed by atoms with Crippen molar-refractivity contribution in [3.05, 3.63) is 63.2 Å². The highest BCUT2D eigenvalue weighted by Crippen LogP contribution is 2.26. The summed E-state index contributed by atoms with van der Waals surface area (Å²) in [7, 11) is -2.05. The van der Waals surface area contributed by atoms with E-state index >= 15 is 0 Å². The van der Waals surface area contributed by atoms with E-state index in [0.29, 0.717) is 11.4 Å². The zero-order valence-corrected chi connectivity index (χ0v) is 14.8. The lowest BCUT2D eigenvalue weighted by molar-refractivity contribution is -0.384. The van der Waals surface area contributed by atoms with Crippen molar-refractivity contribution in [3.63, 3.8) is 0 Å². The van der Waals surface area contributed by atoms with Crippen LogP contribution in [0.5, 0.6) is 0 Å². The molecule has 0 aliphatic heterocycles. The molecule has 2 aromatic rings. The van der Waals surface area contributed by atoms with Crippen LogP contribution in [0, 0.1) is 10.1 Å². The fourth-order valence-corrected chi connectivity index (χ4v) is 2.65. The maximum absolute atomic E-state index is 12.3. The van der Waals surface area contributed by atoms with Crippen molar-refractivity contribution in [2.24, 2.45) is 0 Å². The van der Waals surface area contributed by atoms with Gasteiger partial charge in [-0.15, -0.1) is 0 Å². The number of nitrogens with zero attached hydrogens (tertiary/aromatic N) is 2. The highest BCUT2D eigenvalue weighted by molar-refractivity contribution is 7.92. The van der Waals surface area contributed by atoms with Crippen molar-refractivity contribution in [1.29, 1.82) is 0 Å².